The average Bonchev–Trinajstić information content (AvgIpc) is 3.03. The van der Waals surface area contributed by atoms with Gasteiger partial charge in [0, 0.05) is 18.7 Å². The first-order chi connectivity index (χ1) is 16.4. The molecule has 0 fully saturated rings. The molecule has 1 aliphatic rings. The van der Waals surface area contributed by atoms with E-state index in [1.54, 1.807) is 19.2 Å². The summed E-state index contributed by atoms with van der Waals surface area (Å²) in [4.78, 5) is -0.178. The number of aryl methyl sites for hydroxylation is 1. The zero-order valence-corrected chi connectivity index (χ0v) is 21.7. The molecule has 0 saturated heterocycles. The highest BCUT2D eigenvalue weighted by atomic mass is 32.2. The van der Waals surface area contributed by atoms with Crippen LogP contribution in [-0.4, -0.2) is 50.7 Å². The second-order valence-corrected chi connectivity index (χ2v) is 10.2. The quantitative estimate of drug-likeness (QED) is 0.222. The van der Waals surface area contributed by atoms with Gasteiger partial charge in [-0.1, -0.05) is 35.9 Å². The maximum atomic E-state index is 10.4. The van der Waals surface area contributed by atoms with E-state index in [1.807, 2.05) is 49.5 Å². The molecule has 7 nitrogen and oxygen atoms in total. The number of ether oxygens (including phenoxy) is 1. The molecule has 0 aliphatic carbocycles. The van der Waals surface area contributed by atoms with Gasteiger partial charge in [0.25, 0.3) is 0 Å². The van der Waals surface area contributed by atoms with Crippen molar-refractivity contribution in [2.24, 2.45) is 5.10 Å². The minimum atomic E-state index is -4.27. The van der Waals surface area contributed by atoms with E-state index in [9.17, 15) is 13.0 Å². The van der Waals surface area contributed by atoms with Gasteiger partial charge in [0.1, 0.15) is 29.1 Å². The number of anilines is 1. The minimum absolute atomic E-state index is 0.0599. The number of para-hydroxylation sites is 1. The monoisotopic (exact) mass is 493 g/mol. The first kappa shape index (κ1) is 26.1. The van der Waals surface area contributed by atoms with Gasteiger partial charge in [-0.25, -0.2) is 8.42 Å². The van der Waals surface area contributed by atoms with E-state index in [1.165, 1.54) is 29.1 Å². The van der Waals surface area contributed by atoms with Crippen molar-refractivity contribution in [3.05, 3.63) is 83.9 Å². The molecule has 1 heterocycles. The van der Waals surface area contributed by atoms with Gasteiger partial charge in [-0.2, -0.15) is 9.68 Å². The molecule has 4 rings (SSSR count). The van der Waals surface area contributed by atoms with E-state index in [0.717, 1.165) is 17.0 Å². The summed E-state index contributed by atoms with van der Waals surface area (Å²) in [7, 11) is 1.45. The maximum Gasteiger partial charge on any atom is 0.212 e. The molecule has 0 saturated carbocycles. The SMILES string of the molecule is COc1ccc(N(C)N=CC2=[N+](C)c3ccccc3C2(C)C)cc1.Cc1ccc(S(=O)(=O)[O-])cc1. The van der Waals surface area contributed by atoms with Gasteiger partial charge >= 0.3 is 0 Å². The predicted molar refractivity (Wildman–Crippen MR) is 139 cm³/mol. The number of rotatable bonds is 5. The van der Waals surface area contributed by atoms with Crippen LogP contribution in [0, 0.1) is 6.92 Å². The van der Waals surface area contributed by atoms with Gasteiger partial charge in [-0.3, -0.25) is 5.01 Å². The fraction of sp³-hybridized carbons (Fsp3) is 0.259. The molecule has 0 radical (unpaired) electrons. The summed E-state index contributed by atoms with van der Waals surface area (Å²) < 4.78 is 38.6. The summed E-state index contributed by atoms with van der Waals surface area (Å²) in [5.41, 5.74) is 5.65. The Morgan fingerprint density at radius 3 is 2.14 bits per heavy atom. The standard InChI is InChI=1S/C20H24N3O.C7H8O3S/c1-20(2)17-8-6-7-9-18(17)22(3)19(20)14-21-23(4)15-10-12-16(24-5)13-11-15;1-6-2-4-7(5-3-6)11(8,9)10/h6-14H,1-5H3;2-5H,1H3,(H,8,9,10)/q+1;/p-1. The number of hydrogen-bond acceptors (Lipinski definition) is 6. The van der Waals surface area contributed by atoms with Crippen molar-refractivity contribution < 1.29 is 22.3 Å². The normalized spacial score (nSPS) is 14.4. The first-order valence-corrected chi connectivity index (χ1v) is 12.5. The van der Waals surface area contributed by atoms with Crippen LogP contribution < -0.4 is 9.75 Å². The maximum absolute atomic E-state index is 10.4. The predicted octanol–water partition coefficient (Wildman–Crippen LogP) is 4.72. The van der Waals surface area contributed by atoms with E-state index in [4.69, 9.17) is 4.74 Å². The van der Waals surface area contributed by atoms with Crippen LogP contribution >= 0.6 is 0 Å². The zero-order valence-electron chi connectivity index (χ0n) is 20.9. The molecule has 0 aromatic heterocycles. The lowest BCUT2D eigenvalue weighted by Crippen LogP contribution is -2.30. The van der Waals surface area contributed by atoms with E-state index in [2.05, 4.69) is 54.8 Å². The number of methoxy groups -OCH3 is 1. The molecule has 0 amide bonds. The summed E-state index contributed by atoms with van der Waals surface area (Å²) in [6.45, 7) is 6.30. The Morgan fingerprint density at radius 2 is 1.60 bits per heavy atom. The first-order valence-electron chi connectivity index (χ1n) is 11.1. The van der Waals surface area contributed by atoms with E-state index < -0.39 is 10.1 Å². The zero-order chi connectivity index (χ0) is 25.8. The van der Waals surface area contributed by atoms with Crippen LogP contribution in [0.15, 0.2) is 82.8 Å². The van der Waals surface area contributed by atoms with Gasteiger partial charge in [0.15, 0.2) is 0 Å². The van der Waals surface area contributed by atoms with Crippen LogP contribution in [0.1, 0.15) is 25.0 Å². The van der Waals surface area contributed by atoms with Gasteiger partial charge in [-0.05, 0) is 57.2 Å². The average molecular weight is 494 g/mol. The van der Waals surface area contributed by atoms with Gasteiger partial charge in [0.05, 0.1) is 23.1 Å². The number of nitrogens with zero attached hydrogens (tertiary/aromatic N) is 3. The van der Waals surface area contributed by atoms with Crippen molar-refractivity contribution in [1.82, 2.24) is 0 Å². The topological polar surface area (TPSA) is 85.0 Å². The lowest BCUT2D eigenvalue weighted by atomic mass is 9.82. The van der Waals surface area contributed by atoms with Crippen molar-refractivity contribution in [3.8, 4) is 5.75 Å². The van der Waals surface area contributed by atoms with Crippen molar-refractivity contribution in [2.75, 3.05) is 26.2 Å². The molecule has 1 aliphatic heterocycles. The fourth-order valence-electron chi connectivity index (χ4n) is 3.94. The van der Waals surface area contributed by atoms with Crippen molar-refractivity contribution in [1.29, 1.82) is 0 Å². The number of hydrogen-bond donors (Lipinski definition) is 0. The molecule has 0 bridgehead atoms. The minimum Gasteiger partial charge on any atom is -0.744 e. The van der Waals surface area contributed by atoms with E-state index in [-0.39, 0.29) is 10.3 Å². The Hall–Kier alpha value is -3.49. The Bertz CT molecular complexity index is 1340. The third kappa shape index (κ3) is 5.96. The van der Waals surface area contributed by atoms with Crippen LogP contribution in [0.3, 0.4) is 0 Å². The second kappa shape index (κ2) is 10.4. The molecule has 0 spiro atoms. The molecule has 0 unspecified atom stereocenters. The molecule has 0 atom stereocenters. The molecular formula is C27H31N3O4S. The lowest BCUT2D eigenvalue weighted by molar-refractivity contribution is -0.400. The third-order valence-electron chi connectivity index (χ3n) is 6.05. The number of fused-ring (bicyclic) bond motifs is 1. The summed E-state index contributed by atoms with van der Waals surface area (Å²) >= 11 is 0. The van der Waals surface area contributed by atoms with Crippen LogP contribution in [-0.2, 0) is 15.5 Å². The van der Waals surface area contributed by atoms with Crippen molar-refractivity contribution in [3.63, 3.8) is 0 Å². The highest BCUT2D eigenvalue weighted by Crippen LogP contribution is 2.38. The van der Waals surface area contributed by atoms with Crippen molar-refractivity contribution in [2.45, 2.75) is 31.1 Å². The summed E-state index contributed by atoms with van der Waals surface area (Å²) in [5, 5.41) is 6.52. The molecule has 35 heavy (non-hydrogen) atoms. The van der Waals surface area contributed by atoms with Gasteiger partial charge < -0.3 is 9.29 Å². The highest BCUT2D eigenvalue weighted by molar-refractivity contribution is 7.85. The van der Waals surface area contributed by atoms with Crippen LogP contribution in [0.5, 0.6) is 5.75 Å². The van der Waals surface area contributed by atoms with Crippen LogP contribution in [0.25, 0.3) is 0 Å². The lowest BCUT2D eigenvalue weighted by Gasteiger charge is -2.16. The van der Waals surface area contributed by atoms with Gasteiger partial charge in [-0.15, -0.1) is 0 Å². The Labute approximate surface area is 207 Å². The van der Waals surface area contributed by atoms with E-state index in [0.29, 0.717) is 0 Å². The molecule has 184 valence electrons. The third-order valence-corrected chi connectivity index (χ3v) is 6.90. The highest BCUT2D eigenvalue weighted by Gasteiger charge is 2.43. The van der Waals surface area contributed by atoms with Crippen LogP contribution in [0.4, 0.5) is 11.4 Å². The summed E-state index contributed by atoms with van der Waals surface area (Å²) in [6, 6.07) is 22.2. The van der Waals surface area contributed by atoms with Crippen molar-refractivity contribution >= 4 is 33.4 Å². The van der Waals surface area contributed by atoms with Crippen LogP contribution in [0.2, 0.25) is 0 Å². The number of benzene rings is 3. The van der Waals surface area contributed by atoms with E-state index >= 15 is 0 Å². The second-order valence-electron chi connectivity index (χ2n) is 8.82. The molecular weight excluding hydrogens is 462 g/mol. The fourth-order valence-corrected chi connectivity index (χ4v) is 4.41. The largest absolute Gasteiger partial charge is 0.744 e. The summed E-state index contributed by atoms with van der Waals surface area (Å²) in [5.74, 6) is 0.845. The smallest absolute Gasteiger partial charge is 0.212 e. The summed E-state index contributed by atoms with van der Waals surface area (Å²) in [6.07, 6.45) is 1.96. The number of hydrazone groups is 1. The Balaban J connectivity index is 0.000000261. The molecule has 3 aromatic carbocycles. The Kier molecular flexibility index (Phi) is 7.77. The molecule has 3 aromatic rings. The molecule has 8 heteroatoms. The Morgan fingerprint density at radius 1 is 1.00 bits per heavy atom. The molecule has 0 N–H and O–H groups in total. The van der Waals surface area contributed by atoms with Gasteiger partial charge in [0.2, 0.25) is 11.4 Å².